The molecule has 2 heterocycles. The first-order valence-corrected chi connectivity index (χ1v) is 6.06. The molecule has 1 N–H and O–H groups in total. The Morgan fingerprint density at radius 3 is 2.65 bits per heavy atom. The Labute approximate surface area is 100 Å². The van der Waals surface area contributed by atoms with Crippen molar-refractivity contribution in [1.29, 1.82) is 0 Å². The van der Waals surface area contributed by atoms with Gasteiger partial charge in [-0.25, -0.2) is 14.8 Å². The molecule has 1 aromatic heterocycles. The van der Waals surface area contributed by atoms with Crippen LogP contribution in [0.15, 0.2) is 6.33 Å². The van der Waals surface area contributed by atoms with E-state index in [0.717, 1.165) is 37.3 Å². The standard InChI is InChI=1S/C12H17N3O2/c1-2-9-10(12(16)17)13-8-14-11(9)15-6-4-3-5-7-15/h8H,2-7H2,1H3,(H,16,17). The minimum Gasteiger partial charge on any atom is -0.476 e. The molecular weight excluding hydrogens is 218 g/mol. The summed E-state index contributed by atoms with van der Waals surface area (Å²) in [5, 5.41) is 9.11. The molecule has 92 valence electrons. The lowest BCUT2D eigenvalue weighted by molar-refractivity contribution is 0.0689. The Morgan fingerprint density at radius 2 is 2.06 bits per heavy atom. The molecule has 0 spiro atoms. The van der Waals surface area contributed by atoms with E-state index in [2.05, 4.69) is 14.9 Å². The van der Waals surface area contributed by atoms with Crippen molar-refractivity contribution in [3.63, 3.8) is 0 Å². The van der Waals surface area contributed by atoms with E-state index in [-0.39, 0.29) is 5.69 Å². The first-order chi connectivity index (χ1) is 8.24. The lowest BCUT2D eigenvalue weighted by Crippen LogP contribution is -2.31. The van der Waals surface area contributed by atoms with Gasteiger partial charge < -0.3 is 10.0 Å². The Balaban J connectivity index is 2.38. The summed E-state index contributed by atoms with van der Waals surface area (Å²) in [6.45, 7) is 3.87. The Morgan fingerprint density at radius 1 is 1.35 bits per heavy atom. The SMILES string of the molecule is CCc1c(C(=O)O)ncnc1N1CCCCC1. The minimum atomic E-state index is -0.970. The van der Waals surface area contributed by atoms with Crippen molar-refractivity contribution in [3.8, 4) is 0 Å². The second-order valence-electron chi connectivity index (χ2n) is 4.23. The second-order valence-corrected chi connectivity index (χ2v) is 4.23. The van der Waals surface area contributed by atoms with Crippen LogP contribution < -0.4 is 4.90 Å². The van der Waals surface area contributed by atoms with Crippen LogP contribution in [0.3, 0.4) is 0 Å². The molecule has 2 rings (SSSR count). The van der Waals surface area contributed by atoms with Crippen molar-refractivity contribution in [2.75, 3.05) is 18.0 Å². The molecular formula is C12H17N3O2. The van der Waals surface area contributed by atoms with E-state index in [1.165, 1.54) is 12.7 Å². The quantitative estimate of drug-likeness (QED) is 0.864. The van der Waals surface area contributed by atoms with Crippen LogP contribution in [-0.2, 0) is 6.42 Å². The zero-order chi connectivity index (χ0) is 12.3. The number of piperidine rings is 1. The topological polar surface area (TPSA) is 66.3 Å². The Kier molecular flexibility index (Phi) is 3.56. The van der Waals surface area contributed by atoms with Gasteiger partial charge in [-0.15, -0.1) is 0 Å². The number of rotatable bonds is 3. The molecule has 5 heteroatoms. The minimum absolute atomic E-state index is 0.142. The first-order valence-electron chi connectivity index (χ1n) is 6.06. The van der Waals surface area contributed by atoms with Crippen LogP contribution in [0.1, 0.15) is 42.2 Å². The van der Waals surface area contributed by atoms with Crippen molar-refractivity contribution in [1.82, 2.24) is 9.97 Å². The van der Waals surface area contributed by atoms with E-state index < -0.39 is 5.97 Å². The van der Waals surface area contributed by atoms with Gasteiger partial charge in [0.05, 0.1) is 0 Å². The lowest BCUT2D eigenvalue weighted by Gasteiger charge is -2.29. The largest absolute Gasteiger partial charge is 0.476 e. The van der Waals surface area contributed by atoms with Crippen LogP contribution >= 0.6 is 0 Å². The Hall–Kier alpha value is -1.65. The summed E-state index contributed by atoms with van der Waals surface area (Å²) in [5.41, 5.74) is 0.893. The van der Waals surface area contributed by atoms with Gasteiger partial charge in [0.2, 0.25) is 0 Å². The zero-order valence-electron chi connectivity index (χ0n) is 10.0. The van der Waals surface area contributed by atoms with Crippen LogP contribution in [0.5, 0.6) is 0 Å². The normalized spacial score (nSPS) is 15.9. The average molecular weight is 235 g/mol. The van der Waals surface area contributed by atoms with Crippen molar-refractivity contribution in [3.05, 3.63) is 17.6 Å². The van der Waals surface area contributed by atoms with Crippen molar-refractivity contribution >= 4 is 11.8 Å². The molecule has 0 aromatic carbocycles. The number of aromatic nitrogens is 2. The van der Waals surface area contributed by atoms with Crippen molar-refractivity contribution < 1.29 is 9.90 Å². The zero-order valence-corrected chi connectivity index (χ0v) is 10.0. The maximum absolute atomic E-state index is 11.1. The molecule has 1 aromatic rings. The number of aromatic carboxylic acids is 1. The van der Waals surface area contributed by atoms with Gasteiger partial charge in [-0.1, -0.05) is 6.92 Å². The van der Waals surface area contributed by atoms with Gasteiger partial charge in [0, 0.05) is 18.7 Å². The smallest absolute Gasteiger partial charge is 0.354 e. The van der Waals surface area contributed by atoms with Crippen molar-refractivity contribution in [2.45, 2.75) is 32.6 Å². The van der Waals surface area contributed by atoms with E-state index in [1.807, 2.05) is 6.92 Å². The van der Waals surface area contributed by atoms with Crippen LogP contribution in [-0.4, -0.2) is 34.1 Å². The van der Waals surface area contributed by atoms with Gasteiger partial charge >= 0.3 is 5.97 Å². The fourth-order valence-corrected chi connectivity index (χ4v) is 2.29. The highest BCUT2D eigenvalue weighted by Crippen LogP contribution is 2.23. The number of carbonyl (C=O) groups is 1. The summed E-state index contributed by atoms with van der Waals surface area (Å²) < 4.78 is 0. The molecule has 0 unspecified atom stereocenters. The highest BCUT2D eigenvalue weighted by atomic mass is 16.4. The van der Waals surface area contributed by atoms with Gasteiger partial charge in [0.1, 0.15) is 12.1 Å². The molecule has 1 aliphatic heterocycles. The van der Waals surface area contributed by atoms with E-state index in [1.54, 1.807) is 0 Å². The third-order valence-corrected chi connectivity index (χ3v) is 3.13. The predicted octanol–water partition coefficient (Wildman–Crippen LogP) is 1.73. The third-order valence-electron chi connectivity index (χ3n) is 3.13. The van der Waals surface area contributed by atoms with Crippen molar-refractivity contribution in [2.24, 2.45) is 0 Å². The number of carboxylic acids is 1. The molecule has 1 aliphatic rings. The molecule has 0 atom stereocenters. The third kappa shape index (κ3) is 2.38. The monoisotopic (exact) mass is 235 g/mol. The first kappa shape index (κ1) is 11.8. The maximum atomic E-state index is 11.1. The molecule has 0 saturated carbocycles. The van der Waals surface area contributed by atoms with Gasteiger partial charge in [0.25, 0.3) is 0 Å². The molecule has 0 radical (unpaired) electrons. The Bertz CT molecular complexity index is 414. The molecule has 0 amide bonds. The number of anilines is 1. The lowest BCUT2D eigenvalue weighted by atomic mass is 10.1. The highest BCUT2D eigenvalue weighted by Gasteiger charge is 2.20. The summed E-state index contributed by atoms with van der Waals surface area (Å²) in [6, 6.07) is 0. The fourth-order valence-electron chi connectivity index (χ4n) is 2.29. The van der Waals surface area contributed by atoms with Gasteiger partial charge in [0.15, 0.2) is 5.69 Å². The molecule has 0 bridgehead atoms. The van der Waals surface area contributed by atoms with Gasteiger partial charge in [-0.3, -0.25) is 0 Å². The van der Waals surface area contributed by atoms with E-state index in [4.69, 9.17) is 5.11 Å². The highest BCUT2D eigenvalue weighted by molar-refractivity contribution is 5.88. The summed E-state index contributed by atoms with van der Waals surface area (Å²) >= 11 is 0. The number of hydrogen-bond acceptors (Lipinski definition) is 4. The number of nitrogens with zero attached hydrogens (tertiary/aromatic N) is 3. The van der Waals surface area contributed by atoms with E-state index >= 15 is 0 Å². The summed E-state index contributed by atoms with van der Waals surface area (Å²) in [4.78, 5) is 21.4. The van der Waals surface area contributed by atoms with Gasteiger partial charge in [-0.2, -0.15) is 0 Å². The molecule has 1 fully saturated rings. The van der Waals surface area contributed by atoms with Gasteiger partial charge in [-0.05, 0) is 25.7 Å². The van der Waals surface area contributed by atoms with Crippen LogP contribution in [0.2, 0.25) is 0 Å². The molecule has 1 saturated heterocycles. The van der Waals surface area contributed by atoms with Crippen LogP contribution in [0.4, 0.5) is 5.82 Å². The predicted molar refractivity (Wildman–Crippen MR) is 64.4 cm³/mol. The average Bonchev–Trinajstić information content (AvgIpc) is 2.38. The number of hydrogen-bond donors (Lipinski definition) is 1. The molecule has 5 nitrogen and oxygen atoms in total. The van der Waals surface area contributed by atoms with E-state index in [0.29, 0.717) is 6.42 Å². The van der Waals surface area contributed by atoms with E-state index in [9.17, 15) is 4.79 Å². The molecule has 17 heavy (non-hydrogen) atoms. The number of carboxylic acid groups (broad SMARTS) is 1. The summed E-state index contributed by atoms with van der Waals surface area (Å²) in [7, 11) is 0. The van der Waals surface area contributed by atoms with Crippen LogP contribution in [0.25, 0.3) is 0 Å². The molecule has 0 aliphatic carbocycles. The second kappa shape index (κ2) is 5.12. The maximum Gasteiger partial charge on any atom is 0.354 e. The van der Waals surface area contributed by atoms with Crippen LogP contribution in [0, 0.1) is 0 Å². The summed E-state index contributed by atoms with van der Waals surface area (Å²) in [6.07, 6.45) is 5.54. The fraction of sp³-hybridized carbons (Fsp3) is 0.583. The summed E-state index contributed by atoms with van der Waals surface area (Å²) in [5.74, 6) is -0.165.